The van der Waals surface area contributed by atoms with Crippen molar-refractivity contribution in [2.45, 2.75) is 6.54 Å². The molecule has 0 bridgehead atoms. The Balaban J connectivity index is 1.34. The lowest BCUT2D eigenvalue weighted by atomic mass is 10.1. The van der Waals surface area contributed by atoms with E-state index in [2.05, 4.69) is 48.4 Å². The van der Waals surface area contributed by atoms with E-state index in [9.17, 15) is 4.21 Å². The number of rotatable bonds is 7. The standard InChI is InChI=1S/C22H24N6OS2/c1-23-30-22(19-5-6-20-18(13-19)3-2-8-25-20)27-16-24-14-17-4-7-21(26-15-17)28-9-11-31(29)12-10-28/h2-8,13,15,24H,1,9-12,14,16H2. The number of aliphatic imine (C=N–C) groups is 1. The molecule has 1 aliphatic heterocycles. The number of anilines is 1. The quantitative estimate of drug-likeness (QED) is 0.257. The van der Waals surface area contributed by atoms with Crippen molar-refractivity contribution in [3.8, 4) is 0 Å². The highest BCUT2D eigenvalue weighted by atomic mass is 32.2. The Kier molecular flexibility index (Phi) is 7.39. The smallest absolute Gasteiger partial charge is 0.128 e. The van der Waals surface area contributed by atoms with Crippen molar-refractivity contribution in [1.82, 2.24) is 15.3 Å². The molecule has 2 aromatic heterocycles. The van der Waals surface area contributed by atoms with Crippen molar-refractivity contribution in [3.05, 3.63) is 66.0 Å². The molecule has 160 valence electrons. The lowest BCUT2D eigenvalue weighted by Gasteiger charge is -2.27. The molecule has 0 aliphatic carbocycles. The van der Waals surface area contributed by atoms with Gasteiger partial charge in [-0.2, -0.15) is 0 Å². The summed E-state index contributed by atoms with van der Waals surface area (Å²) in [6.07, 6.45) is 3.67. The molecule has 0 unspecified atom stereocenters. The highest BCUT2D eigenvalue weighted by molar-refractivity contribution is 8.13. The molecule has 1 saturated heterocycles. The van der Waals surface area contributed by atoms with Crippen LogP contribution in [-0.4, -0.2) is 57.2 Å². The predicted molar refractivity (Wildman–Crippen MR) is 131 cm³/mol. The van der Waals surface area contributed by atoms with Crippen molar-refractivity contribution >= 4 is 51.2 Å². The average molecular weight is 453 g/mol. The summed E-state index contributed by atoms with van der Waals surface area (Å²) in [5.41, 5.74) is 3.04. The molecule has 4 rings (SSSR count). The first kappa shape index (κ1) is 21.6. The van der Waals surface area contributed by atoms with Gasteiger partial charge in [-0.1, -0.05) is 18.2 Å². The summed E-state index contributed by atoms with van der Waals surface area (Å²) in [5, 5.41) is 5.21. The van der Waals surface area contributed by atoms with E-state index >= 15 is 0 Å². The van der Waals surface area contributed by atoms with Gasteiger partial charge in [0.2, 0.25) is 0 Å². The Morgan fingerprint density at radius 3 is 2.84 bits per heavy atom. The second kappa shape index (κ2) is 10.6. The van der Waals surface area contributed by atoms with E-state index in [4.69, 9.17) is 0 Å². The van der Waals surface area contributed by atoms with Gasteiger partial charge >= 0.3 is 0 Å². The minimum atomic E-state index is -0.679. The maximum Gasteiger partial charge on any atom is 0.128 e. The number of pyridine rings is 2. The van der Waals surface area contributed by atoms with Crippen molar-refractivity contribution in [2.24, 2.45) is 9.39 Å². The zero-order valence-corrected chi connectivity index (χ0v) is 18.7. The fourth-order valence-electron chi connectivity index (χ4n) is 3.35. The number of nitrogens with zero attached hydrogens (tertiary/aromatic N) is 5. The summed E-state index contributed by atoms with van der Waals surface area (Å²) in [5.74, 6) is 2.38. The number of hydrogen-bond acceptors (Lipinski definition) is 8. The van der Waals surface area contributed by atoms with Crippen LogP contribution in [0.15, 0.2) is 64.2 Å². The Morgan fingerprint density at radius 1 is 1.19 bits per heavy atom. The third kappa shape index (κ3) is 5.75. The fraction of sp³-hybridized carbons (Fsp3) is 0.273. The first-order valence-electron chi connectivity index (χ1n) is 10.0. The first-order chi connectivity index (χ1) is 15.2. The highest BCUT2D eigenvalue weighted by Gasteiger charge is 2.16. The Bertz CT molecular complexity index is 1090. The maximum atomic E-state index is 11.5. The van der Waals surface area contributed by atoms with E-state index in [0.29, 0.717) is 13.2 Å². The van der Waals surface area contributed by atoms with Crippen LogP contribution in [0.3, 0.4) is 0 Å². The lowest BCUT2D eigenvalue weighted by molar-refractivity contribution is 0.672. The number of fused-ring (bicyclic) bond motifs is 1. The molecular weight excluding hydrogens is 428 g/mol. The molecule has 31 heavy (non-hydrogen) atoms. The van der Waals surface area contributed by atoms with Crippen LogP contribution in [0.5, 0.6) is 0 Å². The number of aromatic nitrogens is 2. The third-order valence-corrected chi connectivity index (χ3v) is 6.92. The molecule has 9 heteroatoms. The van der Waals surface area contributed by atoms with Crippen LogP contribution < -0.4 is 10.2 Å². The third-order valence-electron chi connectivity index (χ3n) is 4.98. The van der Waals surface area contributed by atoms with E-state index in [1.54, 1.807) is 6.20 Å². The molecule has 0 atom stereocenters. The van der Waals surface area contributed by atoms with Crippen LogP contribution in [-0.2, 0) is 17.3 Å². The van der Waals surface area contributed by atoms with Crippen LogP contribution in [0, 0.1) is 0 Å². The van der Waals surface area contributed by atoms with E-state index in [1.165, 1.54) is 11.9 Å². The minimum absolute atomic E-state index is 0.461. The Morgan fingerprint density at radius 2 is 2.06 bits per heavy atom. The molecule has 3 aromatic rings. The number of benzene rings is 1. The van der Waals surface area contributed by atoms with Gasteiger partial charge in [-0.05, 0) is 36.5 Å². The SMILES string of the molecule is C=NSC(=NCNCc1ccc(N2CCS(=O)CC2)nc1)c1ccc2ncccc2c1. The van der Waals surface area contributed by atoms with Gasteiger partial charge in [-0.3, -0.25) is 19.5 Å². The van der Waals surface area contributed by atoms with Crippen molar-refractivity contribution in [3.63, 3.8) is 0 Å². The summed E-state index contributed by atoms with van der Waals surface area (Å²) >= 11 is 1.27. The molecule has 0 amide bonds. The van der Waals surface area contributed by atoms with Crippen LogP contribution in [0.2, 0.25) is 0 Å². The van der Waals surface area contributed by atoms with Gasteiger partial charge in [-0.25, -0.2) is 9.38 Å². The van der Waals surface area contributed by atoms with E-state index in [-0.39, 0.29) is 0 Å². The predicted octanol–water partition coefficient (Wildman–Crippen LogP) is 3.04. The summed E-state index contributed by atoms with van der Waals surface area (Å²) in [4.78, 5) is 15.8. The molecule has 1 aliphatic rings. The maximum absolute atomic E-state index is 11.5. The fourth-order valence-corrected chi connectivity index (χ4v) is 4.88. The van der Waals surface area contributed by atoms with Gasteiger partial charge in [0.05, 0.1) is 12.2 Å². The van der Waals surface area contributed by atoms with E-state index in [1.807, 2.05) is 36.5 Å². The molecule has 0 radical (unpaired) electrons. The minimum Gasteiger partial charge on any atom is -0.355 e. The Hall–Kier alpha value is -2.62. The monoisotopic (exact) mass is 452 g/mol. The Labute approximate surface area is 188 Å². The largest absolute Gasteiger partial charge is 0.355 e. The zero-order valence-electron chi connectivity index (χ0n) is 17.1. The van der Waals surface area contributed by atoms with Crippen LogP contribution in [0.4, 0.5) is 5.82 Å². The highest BCUT2D eigenvalue weighted by Crippen LogP contribution is 2.19. The summed E-state index contributed by atoms with van der Waals surface area (Å²) in [6, 6.07) is 14.1. The van der Waals surface area contributed by atoms with Crippen LogP contribution >= 0.6 is 11.9 Å². The van der Waals surface area contributed by atoms with Crippen molar-refractivity contribution < 1.29 is 4.21 Å². The van der Waals surface area contributed by atoms with Crippen LogP contribution in [0.1, 0.15) is 11.1 Å². The molecule has 7 nitrogen and oxygen atoms in total. The number of nitrogens with one attached hydrogen (secondary N) is 1. The second-order valence-corrected chi connectivity index (χ2v) is 9.56. The van der Waals surface area contributed by atoms with Gasteiger partial charge in [0.15, 0.2) is 0 Å². The molecule has 1 fully saturated rings. The molecule has 1 N–H and O–H groups in total. The van der Waals surface area contributed by atoms with Gasteiger partial charge in [0.1, 0.15) is 10.9 Å². The van der Waals surface area contributed by atoms with Gasteiger partial charge in [0.25, 0.3) is 0 Å². The lowest BCUT2D eigenvalue weighted by Crippen LogP contribution is -2.38. The van der Waals surface area contributed by atoms with Crippen molar-refractivity contribution in [2.75, 3.05) is 36.2 Å². The topological polar surface area (TPSA) is 82.8 Å². The average Bonchev–Trinajstić information content (AvgIpc) is 2.82. The van der Waals surface area contributed by atoms with Crippen LogP contribution in [0.25, 0.3) is 10.9 Å². The molecule has 3 heterocycles. The zero-order chi connectivity index (χ0) is 21.5. The molecule has 0 spiro atoms. The first-order valence-corrected chi connectivity index (χ1v) is 12.3. The summed E-state index contributed by atoms with van der Waals surface area (Å²) in [6.45, 7) is 6.31. The molecule has 0 saturated carbocycles. The normalized spacial score (nSPS) is 15.4. The van der Waals surface area contributed by atoms with E-state index < -0.39 is 10.8 Å². The summed E-state index contributed by atoms with van der Waals surface area (Å²) < 4.78 is 15.5. The van der Waals surface area contributed by atoms with Gasteiger partial charge in [0, 0.05) is 77.2 Å². The number of hydrogen-bond donors (Lipinski definition) is 1. The molecule has 1 aromatic carbocycles. The second-order valence-electron chi connectivity index (χ2n) is 7.04. The summed E-state index contributed by atoms with van der Waals surface area (Å²) in [7, 11) is -0.679. The van der Waals surface area contributed by atoms with E-state index in [0.717, 1.165) is 57.5 Å². The van der Waals surface area contributed by atoms with Gasteiger partial charge < -0.3 is 4.90 Å². The molecular formula is C22H24N6OS2. The van der Waals surface area contributed by atoms with Crippen molar-refractivity contribution in [1.29, 1.82) is 0 Å². The van der Waals surface area contributed by atoms with Gasteiger partial charge in [-0.15, -0.1) is 0 Å².